The summed E-state index contributed by atoms with van der Waals surface area (Å²) >= 11 is 3.57. The fourth-order valence-corrected chi connectivity index (χ4v) is 4.25. The van der Waals surface area contributed by atoms with Crippen LogP contribution in [0.1, 0.15) is 63.1 Å². The zero-order valence-electron chi connectivity index (χ0n) is 16.9. The number of carboxylic acids is 1. The third-order valence-corrected chi connectivity index (χ3v) is 6.08. The quantitative estimate of drug-likeness (QED) is 0.381. The number of hydrogen-bond donors (Lipinski definition) is 1. The van der Waals surface area contributed by atoms with Crippen LogP contribution in [0.3, 0.4) is 0 Å². The predicted octanol–water partition coefficient (Wildman–Crippen LogP) is 6.48. The number of rotatable bonds is 9. The average molecular weight is 480 g/mol. The molecule has 2 aromatic heterocycles. The van der Waals surface area contributed by atoms with Crippen LogP contribution >= 0.6 is 15.9 Å². The number of halogens is 3. The second kappa shape index (κ2) is 9.64. The molecule has 0 fully saturated rings. The zero-order chi connectivity index (χ0) is 21.8. The van der Waals surface area contributed by atoms with Crippen LogP contribution in [0.4, 0.5) is 8.78 Å². The van der Waals surface area contributed by atoms with Gasteiger partial charge in [0, 0.05) is 23.7 Å². The Kier molecular flexibility index (Phi) is 7.18. The maximum absolute atomic E-state index is 12.8. The standard InChI is InChI=1S/C22H24BrF2N3O2/c1-3-14(10-19(29)30)5-4-13(2)20-18(23)12-28-22(27-20)17(11-26-28)15-6-8-16(9-7-15)21(24)25/h6-9,11-14,21H,3-5,10H2,1-2H3,(H,29,30). The largest absolute Gasteiger partial charge is 0.481 e. The van der Waals surface area contributed by atoms with Crippen LogP contribution < -0.4 is 0 Å². The van der Waals surface area contributed by atoms with Crippen LogP contribution in [0.25, 0.3) is 16.8 Å². The van der Waals surface area contributed by atoms with Crippen molar-refractivity contribution in [3.63, 3.8) is 0 Å². The van der Waals surface area contributed by atoms with Gasteiger partial charge in [-0.05, 0) is 46.2 Å². The van der Waals surface area contributed by atoms with Gasteiger partial charge in [-0.25, -0.2) is 18.3 Å². The Bertz CT molecular complexity index is 1020. The number of nitrogens with zero attached hydrogens (tertiary/aromatic N) is 3. The lowest BCUT2D eigenvalue weighted by Crippen LogP contribution is -2.09. The molecule has 1 N–H and O–H groups in total. The van der Waals surface area contributed by atoms with Gasteiger partial charge in [-0.3, -0.25) is 4.79 Å². The van der Waals surface area contributed by atoms with Gasteiger partial charge in [0.25, 0.3) is 6.43 Å². The van der Waals surface area contributed by atoms with Gasteiger partial charge in [-0.2, -0.15) is 5.10 Å². The molecule has 2 heterocycles. The first kappa shape index (κ1) is 22.3. The third-order valence-electron chi connectivity index (χ3n) is 5.46. The van der Waals surface area contributed by atoms with E-state index in [0.29, 0.717) is 5.65 Å². The average Bonchev–Trinajstić information content (AvgIpc) is 3.12. The lowest BCUT2D eigenvalue weighted by atomic mass is 9.91. The molecule has 0 saturated heterocycles. The molecule has 1 aromatic carbocycles. The molecule has 3 rings (SSSR count). The van der Waals surface area contributed by atoms with Crippen molar-refractivity contribution in [1.29, 1.82) is 0 Å². The van der Waals surface area contributed by atoms with Crippen molar-refractivity contribution in [2.45, 2.75) is 51.9 Å². The second-order valence-corrected chi connectivity index (χ2v) is 8.43. The van der Waals surface area contributed by atoms with E-state index in [1.54, 1.807) is 22.8 Å². The molecule has 2 atom stereocenters. The fourth-order valence-electron chi connectivity index (χ4n) is 3.58. The van der Waals surface area contributed by atoms with Crippen molar-refractivity contribution >= 4 is 27.5 Å². The van der Waals surface area contributed by atoms with E-state index in [9.17, 15) is 13.6 Å². The number of fused-ring (bicyclic) bond motifs is 1. The lowest BCUT2D eigenvalue weighted by Gasteiger charge is -2.17. The molecule has 0 amide bonds. The molecule has 160 valence electrons. The SMILES string of the molecule is CCC(CCC(C)c1nc2c(-c3ccc(C(F)F)cc3)cnn2cc1Br)CC(=O)O. The first-order valence-electron chi connectivity index (χ1n) is 9.94. The fraction of sp³-hybridized carbons (Fsp3) is 0.409. The van der Waals surface area contributed by atoms with Crippen LogP contribution in [-0.2, 0) is 4.79 Å². The maximum Gasteiger partial charge on any atom is 0.303 e. The molecule has 0 spiro atoms. The summed E-state index contributed by atoms with van der Waals surface area (Å²) in [6, 6.07) is 6.14. The highest BCUT2D eigenvalue weighted by Gasteiger charge is 2.19. The Labute approximate surface area is 182 Å². The summed E-state index contributed by atoms with van der Waals surface area (Å²) in [4.78, 5) is 15.8. The molecule has 3 aromatic rings. The molecule has 0 saturated carbocycles. The van der Waals surface area contributed by atoms with Gasteiger partial charge >= 0.3 is 5.97 Å². The lowest BCUT2D eigenvalue weighted by molar-refractivity contribution is -0.138. The number of aromatic nitrogens is 3. The van der Waals surface area contributed by atoms with Gasteiger partial charge in [-0.15, -0.1) is 0 Å². The molecule has 0 radical (unpaired) electrons. The van der Waals surface area contributed by atoms with Crippen molar-refractivity contribution < 1.29 is 18.7 Å². The van der Waals surface area contributed by atoms with Crippen molar-refractivity contribution in [2.24, 2.45) is 5.92 Å². The van der Waals surface area contributed by atoms with Crippen LogP contribution in [0.5, 0.6) is 0 Å². The van der Waals surface area contributed by atoms with E-state index in [2.05, 4.69) is 28.0 Å². The minimum atomic E-state index is -2.50. The minimum absolute atomic E-state index is 0.0212. The Hall–Kier alpha value is -2.35. The Morgan fingerprint density at radius 3 is 2.53 bits per heavy atom. The van der Waals surface area contributed by atoms with Gasteiger partial charge in [0.1, 0.15) is 0 Å². The Morgan fingerprint density at radius 1 is 1.23 bits per heavy atom. The number of aliphatic carboxylic acids is 1. The van der Waals surface area contributed by atoms with Crippen LogP contribution in [-0.4, -0.2) is 25.7 Å². The third kappa shape index (κ3) is 5.03. The summed E-state index contributed by atoms with van der Waals surface area (Å²) in [6.07, 6.45) is 3.66. The smallest absolute Gasteiger partial charge is 0.303 e. The van der Waals surface area contributed by atoms with E-state index < -0.39 is 12.4 Å². The molecule has 0 aliphatic carbocycles. The maximum atomic E-state index is 12.8. The van der Waals surface area contributed by atoms with Gasteiger partial charge in [0.2, 0.25) is 0 Å². The topological polar surface area (TPSA) is 67.5 Å². The van der Waals surface area contributed by atoms with E-state index in [1.807, 2.05) is 13.1 Å². The summed E-state index contributed by atoms with van der Waals surface area (Å²) in [5, 5.41) is 13.4. The molecule has 0 aliphatic heterocycles. The van der Waals surface area contributed by atoms with Crippen LogP contribution in [0.15, 0.2) is 41.1 Å². The first-order valence-corrected chi connectivity index (χ1v) is 10.7. The zero-order valence-corrected chi connectivity index (χ0v) is 18.4. The number of carboxylic acid groups (broad SMARTS) is 1. The number of alkyl halides is 2. The van der Waals surface area contributed by atoms with E-state index in [4.69, 9.17) is 10.1 Å². The number of hydrogen-bond acceptors (Lipinski definition) is 3. The highest BCUT2D eigenvalue weighted by molar-refractivity contribution is 9.10. The number of benzene rings is 1. The molecule has 8 heteroatoms. The number of carbonyl (C=O) groups is 1. The summed E-state index contributed by atoms with van der Waals surface area (Å²) in [5.74, 6) is -0.500. The predicted molar refractivity (Wildman–Crippen MR) is 115 cm³/mol. The van der Waals surface area contributed by atoms with Crippen molar-refractivity contribution in [3.8, 4) is 11.1 Å². The normalized spacial score (nSPS) is 13.7. The molecule has 5 nitrogen and oxygen atoms in total. The van der Waals surface area contributed by atoms with Gasteiger partial charge in [-0.1, -0.05) is 44.5 Å². The van der Waals surface area contributed by atoms with Crippen molar-refractivity contribution in [3.05, 3.63) is 52.4 Å². The highest BCUT2D eigenvalue weighted by atomic mass is 79.9. The minimum Gasteiger partial charge on any atom is -0.481 e. The van der Waals surface area contributed by atoms with E-state index in [1.165, 1.54) is 12.1 Å². The Balaban J connectivity index is 1.86. The van der Waals surface area contributed by atoms with Crippen LogP contribution in [0.2, 0.25) is 0 Å². The van der Waals surface area contributed by atoms with Gasteiger partial charge in [0.05, 0.1) is 16.4 Å². The molecule has 0 bridgehead atoms. The Morgan fingerprint density at radius 2 is 1.93 bits per heavy atom. The molecule has 2 unspecified atom stereocenters. The summed E-state index contributed by atoms with van der Waals surface area (Å²) < 4.78 is 28.2. The van der Waals surface area contributed by atoms with E-state index in [0.717, 1.165) is 40.6 Å². The van der Waals surface area contributed by atoms with Gasteiger partial charge < -0.3 is 5.11 Å². The van der Waals surface area contributed by atoms with E-state index in [-0.39, 0.29) is 23.8 Å². The van der Waals surface area contributed by atoms with Gasteiger partial charge in [0.15, 0.2) is 5.65 Å². The summed E-state index contributed by atoms with van der Waals surface area (Å²) in [6.45, 7) is 4.08. The molecular weight excluding hydrogens is 456 g/mol. The molecular formula is C22H24BrF2N3O2. The second-order valence-electron chi connectivity index (χ2n) is 7.57. The van der Waals surface area contributed by atoms with E-state index >= 15 is 0 Å². The van der Waals surface area contributed by atoms with Crippen molar-refractivity contribution in [1.82, 2.24) is 14.6 Å². The summed E-state index contributed by atoms with van der Waals surface area (Å²) in [7, 11) is 0. The molecule has 30 heavy (non-hydrogen) atoms. The molecule has 0 aliphatic rings. The highest BCUT2D eigenvalue weighted by Crippen LogP contribution is 2.32. The summed E-state index contributed by atoms with van der Waals surface area (Å²) in [5.41, 5.74) is 3.05. The monoisotopic (exact) mass is 479 g/mol. The van der Waals surface area contributed by atoms with Crippen molar-refractivity contribution in [2.75, 3.05) is 0 Å². The van der Waals surface area contributed by atoms with Crippen LogP contribution in [0, 0.1) is 5.92 Å². The first-order chi connectivity index (χ1) is 14.3.